The van der Waals surface area contributed by atoms with Gasteiger partial charge >= 0.3 is 0 Å². The Balaban J connectivity index is 1.55. The van der Waals surface area contributed by atoms with Crippen molar-refractivity contribution < 1.29 is 4.79 Å². The molecule has 1 aromatic carbocycles. The van der Waals surface area contributed by atoms with E-state index in [0.29, 0.717) is 0 Å². The Morgan fingerprint density at radius 3 is 2.96 bits per heavy atom. The summed E-state index contributed by atoms with van der Waals surface area (Å²) in [5.41, 5.74) is 4.50. The molecule has 1 fully saturated rings. The molecule has 6 nitrogen and oxygen atoms in total. The number of hydrogen-bond acceptors (Lipinski definition) is 3. The summed E-state index contributed by atoms with van der Waals surface area (Å²) in [6.45, 7) is 2.65. The van der Waals surface area contributed by atoms with E-state index in [2.05, 4.69) is 26.2 Å². The summed E-state index contributed by atoms with van der Waals surface area (Å²) in [5, 5.41) is 8.42. The summed E-state index contributed by atoms with van der Waals surface area (Å²) in [5.74, 6) is 1.60. The Hall–Kier alpha value is -2.63. The van der Waals surface area contributed by atoms with Gasteiger partial charge in [0.1, 0.15) is 5.82 Å². The van der Waals surface area contributed by atoms with Crippen molar-refractivity contribution >= 4 is 16.8 Å². The van der Waals surface area contributed by atoms with Crippen LogP contribution in [0.25, 0.3) is 10.9 Å². The predicted octanol–water partition coefficient (Wildman–Crippen LogP) is 3.45. The maximum absolute atomic E-state index is 13.4. The quantitative estimate of drug-likeness (QED) is 0.744. The Bertz CT molecular complexity index is 985. The molecule has 2 aliphatic rings. The van der Waals surface area contributed by atoms with Crippen molar-refractivity contribution in [3.63, 3.8) is 0 Å². The molecule has 1 aliphatic carbocycles. The number of rotatable bonds is 2. The average Bonchev–Trinajstić information content (AvgIpc) is 3.38. The van der Waals surface area contributed by atoms with Crippen molar-refractivity contribution in [2.24, 2.45) is 0 Å². The fraction of sp³-hybridized carbons (Fsp3) is 0.450. The number of aromatic nitrogens is 4. The molecule has 1 aliphatic heterocycles. The molecule has 5 rings (SSSR count). The van der Waals surface area contributed by atoms with Gasteiger partial charge in [-0.3, -0.25) is 9.89 Å². The van der Waals surface area contributed by atoms with Crippen LogP contribution in [0.2, 0.25) is 0 Å². The highest BCUT2D eigenvalue weighted by molar-refractivity contribution is 6.07. The standard InChI is InChI=1S/C20H23N5O/c1-12-21-19(24-23-12)17-10-5-11-25(17)20(26)15-8-4-7-14-13-6-2-3-9-16(13)22-18(14)15/h4,7-8,17,22H,2-3,5-6,9-11H2,1H3,(H,21,23,24)/t17-/m1/s1. The minimum absolute atomic E-state index is 0.0349. The number of aromatic amines is 2. The van der Waals surface area contributed by atoms with E-state index in [9.17, 15) is 4.79 Å². The van der Waals surface area contributed by atoms with Crippen molar-refractivity contribution in [1.29, 1.82) is 0 Å². The maximum Gasteiger partial charge on any atom is 0.256 e. The van der Waals surface area contributed by atoms with Gasteiger partial charge in [-0.25, -0.2) is 4.98 Å². The number of amides is 1. The first-order valence-corrected chi connectivity index (χ1v) is 9.54. The van der Waals surface area contributed by atoms with E-state index in [0.717, 1.165) is 55.0 Å². The minimum atomic E-state index is -0.0349. The number of aryl methyl sites for hydroxylation is 3. The van der Waals surface area contributed by atoms with E-state index >= 15 is 0 Å². The highest BCUT2D eigenvalue weighted by Gasteiger charge is 2.34. The Labute approximate surface area is 152 Å². The molecule has 0 unspecified atom stereocenters. The zero-order valence-electron chi connectivity index (χ0n) is 15.0. The topological polar surface area (TPSA) is 77.7 Å². The molecule has 1 amide bonds. The van der Waals surface area contributed by atoms with Gasteiger partial charge in [-0.05, 0) is 57.1 Å². The fourth-order valence-corrected chi connectivity index (χ4v) is 4.55. The van der Waals surface area contributed by atoms with Crippen molar-refractivity contribution in [3.05, 3.63) is 46.7 Å². The molecule has 6 heteroatoms. The molecule has 0 spiro atoms. The second-order valence-corrected chi connectivity index (χ2v) is 7.45. The molecule has 0 saturated carbocycles. The minimum Gasteiger partial charge on any atom is -0.358 e. The lowest BCUT2D eigenvalue weighted by atomic mass is 9.95. The van der Waals surface area contributed by atoms with Crippen LogP contribution in [-0.4, -0.2) is 37.5 Å². The van der Waals surface area contributed by atoms with Gasteiger partial charge in [0.05, 0.1) is 17.1 Å². The SMILES string of the molecule is Cc1nc([C@H]2CCCN2C(=O)c2cccc3c4c([nH]c23)CCCC4)n[nH]1. The third kappa shape index (κ3) is 2.35. The summed E-state index contributed by atoms with van der Waals surface area (Å²) >= 11 is 0. The van der Waals surface area contributed by atoms with E-state index in [4.69, 9.17) is 0 Å². The molecule has 0 radical (unpaired) electrons. The van der Waals surface area contributed by atoms with Crippen LogP contribution in [0.5, 0.6) is 0 Å². The van der Waals surface area contributed by atoms with Crippen molar-refractivity contribution in [2.75, 3.05) is 6.54 Å². The van der Waals surface area contributed by atoms with Crippen LogP contribution in [-0.2, 0) is 12.8 Å². The predicted molar refractivity (Wildman–Crippen MR) is 99.1 cm³/mol. The third-order valence-corrected chi connectivity index (χ3v) is 5.79. The normalized spacial score (nSPS) is 19.9. The van der Waals surface area contributed by atoms with E-state index in [1.165, 1.54) is 29.5 Å². The summed E-state index contributed by atoms with van der Waals surface area (Å²) in [7, 11) is 0. The van der Waals surface area contributed by atoms with Gasteiger partial charge in [-0.2, -0.15) is 5.10 Å². The van der Waals surface area contributed by atoms with Gasteiger partial charge < -0.3 is 9.88 Å². The second-order valence-electron chi connectivity index (χ2n) is 7.45. The Morgan fingerprint density at radius 1 is 1.23 bits per heavy atom. The summed E-state index contributed by atoms with van der Waals surface area (Å²) in [4.78, 5) is 23.4. The zero-order chi connectivity index (χ0) is 17.7. The smallest absolute Gasteiger partial charge is 0.256 e. The number of carbonyl (C=O) groups excluding carboxylic acids is 1. The lowest BCUT2D eigenvalue weighted by molar-refractivity contribution is 0.0732. The first kappa shape index (κ1) is 15.6. The third-order valence-electron chi connectivity index (χ3n) is 5.79. The molecule has 3 aromatic rings. The van der Waals surface area contributed by atoms with E-state index in [1.54, 1.807) is 0 Å². The molecular weight excluding hydrogens is 326 g/mol. The number of likely N-dealkylation sites (tertiary alicyclic amines) is 1. The van der Waals surface area contributed by atoms with Crippen LogP contribution in [0.3, 0.4) is 0 Å². The number of fused-ring (bicyclic) bond motifs is 3. The van der Waals surface area contributed by atoms with E-state index in [1.807, 2.05) is 24.0 Å². The molecule has 3 heterocycles. The fourth-order valence-electron chi connectivity index (χ4n) is 4.55. The number of nitrogens with zero attached hydrogens (tertiary/aromatic N) is 3. The van der Waals surface area contributed by atoms with Gasteiger partial charge in [0.25, 0.3) is 5.91 Å². The molecular formula is C20H23N5O. The summed E-state index contributed by atoms with van der Waals surface area (Å²) in [6.07, 6.45) is 6.55. The zero-order valence-corrected chi connectivity index (χ0v) is 15.0. The molecule has 1 saturated heterocycles. The molecule has 2 aromatic heterocycles. The van der Waals surface area contributed by atoms with E-state index in [-0.39, 0.29) is 11.9 Å². The first-order chi connectivity index (χ1) is 12.7. The molecule has 134 valence electrons. The van der Waals surface area contributed by atoms with Crippen LogP contribution in [0.15, 0.2) is 18.2 Å². The number of nitrogens with one attached hydrogen (secondary N) is 2. The number of carbonyl (C=O) groups is 1. The maximum atomic E-state index is 13.4. The van der Waals surface area contributed by atoms with Crippen molar-refractivity contribution in [2.45, 2.75) is 51.5 Å². The largest absolute Gasteiger partial charge is 0.358 e. The Kier molecular flexibility index (Phi) is 3.58. The summed E-state index contributed by atoms with van der Waals surface area (Å²) < 4.78 is 0. The lowest BCUT2D eigenvalue weighted by Gasteiger charge is -2.23. The van der Waals surface area contributed by atoms with Gasteiger partial charge in [0.15, 0.2) is 5.82 Å². The number of H-pyrrole nitrogens is 2. The van der Waals surface area contributed by atoms with Crippen molar-refractivity contribution in [3.8, 4) is 0 Å². The van der Waals surface area contributed by atoms with Crippen LogP contribution in [0.1, 0.15) is 65.0 Å². The van der Waals surface area contributed by atoms with Gasteiger partial charge in [0, 0.05) is 17.6 Å². The highest BCUT2D eigenvalue weighted by atomic mass is 16.2. The highest BCUT2D eigenvalue weighted by Crippen LogP contribution is 2.35. The molecule has 0 bridgehead atoms. The van der Waals surface area contributed by atoms with Crippen LogP contribution < -0.4 is 0 Å². The number of benzene rings is 1. The Morgan fingerprint density at radius 2 is 2.12 bits per heavy atom. The lowest BCUT2D eigenvalue weighted by Crippen LogP contribution is -2.31. The average molecular weight is 349 g/mol. The van der Waals surface area contributed by atoms with Gasteiger partial charge in [-0.15, -0.1) is 0 Å². The number of hydrogen-bond donors (Lipinski definition) is 2. The number of para-hydroxylation sites is 1. The first-order valence-electron chi connectivity index (χ1n) is 9.54. The second kappa shape index (κ2) is 5.97. The molecule has 26 heavy (non-hydrogen) atoms. The van der Waals surface area contributed by atoms with Gasteiger partial charge in [-0.1, -0.05) is 12.1 Å². The monoisotopic (exact) mass is 349 g/mol. The molecule has 1 atom stereocenters. The van der Waals surface area contributed by atoms with Crippen LogP contribution in [0, 0.1) is 6.92 Å². The van der Waals surface area contributed by atoms with Crippen LogP contribution >= 0.6 is 0 Å². The van der Waals surface area contributed by atoms with Gasteiger partial charge in [0.2, 0.25) is 0 Å². The molecule has 2 N–H and O–H groups in total. The van der Waals surface area contributed by atoms with Crippen LogP contribution in [0.4, 0.5) is 0 Å². The van der Waals surface area contributed by atoms with Crippen molar-refractivity contribution in [1.82, 2.24) is 25.1 Å². The van der Waals surface area contributed by atoms with E-state index < -0.39 is 0 Å². The summed E-state index contributed by atoms with van der Waals surface area (Å²) in [6, 6.07) is 6.07.